The number of benzene rings is 3. The Hall–Kier alpha value is -5.19. The molecule has 0 aliphatic heterocycles. The zero-order valence-electron chi connectivity index (χ0n) is 17.6. The SMILES string of the molecule is O=C(NNc1ncnc(Nc2ccc(N=Nc3ccccc3)cc2)c1[N+](=O)[O-])c1ccccc1. The van der Waals surface area contributed by atoms with Crippen molar-refractivity contribution in [2.45, 2.75) is 0 Å². The largest absolute Gasteiger partial charge is 0.355 e. The molecule has 11 nitrogen and oxygen atoms in total. The van der Waals surface area contributed by atoms with Crippen molar-refractivity contribution in [3.8, 4) is 0 Å². The predicted molar refractivity (Wildman–Crippen MR) is 127 cm³/mol. The third kappa shape index (κ3) is 5.53. The van der Waals surface area contributed by atoms with Gasteiger partial charge in [0.2, 0.25) is 11.6 Å². The first-order valence-corrected chi connectivity index (χ1v) is 10.0. The van der Waals surface area contributed by atoms with E-state index in [1.54, 1.807) is 54.6 Å². The minimum absolute atomic E-state index is 0.0462. The Morgan fingerprint density at radius 3 is 2.03 bits per heavy atom. The van der Waals surface area contributed by atoms with Crippen molar-refractivity contribution in [2.24, 2.45) is 10.2 Å². The fourth-order valence-corrected chi connectivity index (χ4v) is 2.87. The number of nitro groups is 1. The van der Waals surface area contributed by atoms with E-state index in [2.05, 4.69) is 36.4 Å². The smallest absolute Gasteiger partial charge is 0.334 e. The number of hydrazine groups is 1. The number of carbonyl (C=O) groups excluding carboxylic acids is 1. The molecule has 0 bridgehead atoms. The second kappa shape index (κ2) is 10.4. The first kappa shape index (κ1) is 22.0. The maximum absolute atomic E-state index is 12.2. The molecule has 4 aromatic rings. The van der Waals surface area contributed by atoms with Crippen molar-refractivity contribution in [2.75, 3.05) is 10.7 Å². The number of rotatable bonds is 8. The number of nitrogens with zero attached hydrogens (tertiary/aromatic N) is 5. The molecule has 0 aliphatic carbocycles. The lowest BCUT2D eigenvalue weighted by Crippen LogP contribution is -2.30. The molecule has 0 atom stereocenters. The van der Waals surface area contributed by atoms with Gasteiger partial charge in [0.15, 0.2) is 0 Å². The van der Waals surface area contributed by atoms with Crippen molar-refractivity contribution in [3.05, 3.63) is 107 Å². The molecule has 0 aliphatic rings. The molecule has 3 aromatic carbocycles. The number of anilines is 3. The lowest BCUT2D eigenvalue weighted by atomic mass is 10.2. The van der Waals surface area contributed by atoms with Gasteiger partial charge in [0.25, 0.3) is 5.91 Å². The summed E-state index contributed by atoms with van der Waals surface area (Å²) < 4.78 is 0. The number of azo groups is 1. The monoisotopic (exact) mass is 454 g/mol. The lowest BCUT2D eigenvalue weighted by Gasteiger charge is -2.11. The summed E-state index contributed by atoms with van der Waals surface area (Å²) in [5.74, 6) is -0.682. The van der Waals surface area contributed by atoms with Crippen molar-refractivity contribution < 1.29 is 9.72 Å². The molecule has 0 unspecified atom stereocenters. The van der Waals surface area contributed by atoms with Gasteiger partial charge in [-0.05, 0) is 48.5 Å². The number of aromatic nitrogens is 2. The second-order valence-corrected chi connectivity index (χ2v) is 6.83. The molecule has 0 saturated heterocycles. The van der Waals surface area contributed by atoms with E-state index in [9.17, 15) is 14.9 Å². The number of nitrogens with one attached hydrogen (secondary N) is 3. The fourth-order valence-electron chi connectivity index (χ4n) is 2.87. The highest BCUT2D eigenvalue weighted by Crippen LogP contribution is 2.31. The molecule has 34 heavy (non-hydrogen) atoms. The van der Waals surface area contributed by atoms with Gasteiger partial charge in [0, 0.05) is 11.3 Å². The van der Waals surface area contributed by atoms with Crippen LogP contribution in [-0.2, 0) is 0 Å². The summed E-state index contributed by atoms with van der Waals surface area (Å²) in [5, 5.41) is 22.9. The topological polar surface area (TPSA) is 147 Å². The van der Waals surface area contributed by atoms with Gasteiger partial charge in [0.1, 0.15) is 6.33 Å². The number of amides is 1. The first-order valence-electron chi connectivity index (χ1n) is 10.0. The van der Waals surface area contributed by atoms with Crippen molar-refractivity contribution in [1.29, 1.82) is 0 Å². The van der Waals surface area contributed by atoms with Gasteiger partial charge in [-0.25, -0.2) is 9.97 Å². The molecular weight excluding hydrogens is 436 g/mol. The summed E-state index contributed by atoms with van der Waals surface area (Å²) >= 11 is 0. The Kier molecular flexibility index (Phi) is 6.75. The number of hydrogen-bond donors (Lipinski definition) is 3. The second-order valence-electron chi connectivity index (χ2n) is 6.83. The minimum Gasteiger partial charge on any atom is -0.334 e. The van der Waals surface area contributed by atoms with Gasteiger partial charge in [-0.2, -0.15) is 10.2 Å². The quantitative estimate of drug-likeness (QED) is 0.186. The third-order valence-corrected chi connectivity index (χ3v) is 4.50. The van der Waals surface area contributed by atoms with E-state index in [1.807, 2.05) is 30.3 Å². The molecule has 0 fully saturated rings. The van der Waals surface area contributed by atoms with E-state index in [0.717, 1.165) is 12.0 Å². The Morgan fingerprint density at radius 2 is 1.38 bits per heavy atom. The van der Waals surface area contributed by atoms with Crippen LogP contribution in [0.5, 0.6) is 0 Å². The van der Waals surface area contributed by atoms with E-state index in [1.165, 1.54) is 0 Å². The highest BCUT2D eigenvalue weighted by atomic mass is 16.6. The van der Waals surface area contributed by atoms with Crippen molar-refractivity contribution >= 4 is 40.3 Å². The molecule has 4 rings (SSSR count). The van der Waals surface area contributed by atoms with E-state index in [4.69, 9.17) is 0 Å². The van der Waals surface area contributed by atoms with Gasteiger partial charge in [-0.1, -0.05) is 36.4 Å². The maximum Gasteiger partial charge on any atom is 0.355 e. The van der Waals surface area contributed by atoms with Crippen LogP contribution in [0.25, 0.3) is 0 Å². The third-order valence-electron chi connectivity index (χ3n) is 4.50. The Morgan fingerprint density at radius 1 is 0.794 bits per heavy atom. The molecule has 3 N–H and O–H groups in total. The van der Waals surface area contributed by atoms with Crippen LogP contribution in [0, 0.1) is 10.1 Å². The average molecular weight is 454 g/mol. The summed E-state index contributed by atoms with van der Waals surface area (Å²) in [6, 6.07) is 24.5. The summed E-state index contributed by atoms with van der Waals surface area (Å²) in [4.78, 5) is 31.2. The summed E-state index contributed by atoms with van der Waals surface area (Å²) in [6.45, 7) is 0. The fraction of sp³-hybridized carbons (Fsp3) is 0. The maximum atomic E-state index is 12.2. The van der Waals surface area contributed by atoms with Crippen LogP contribution >= 0.6 is 0 Å². The molecular formula is C23H18N8O3. The molecule has 1 amide bonds. The Labute approximate surface area is 193 Å². The highest BCUT2D eigenvalue weighted by molar-refractivity contribution is 5.95. The van der Waals surface area contributed by atoms with Crippen LogP contribution in [0.2, 0.25) is 0 Å². The highest BCUT2D eigenvalue weighted by Gasteiger charge is 2.23. The Bertz CT molecular complexity index is 1310. The molecule has 1 aromatic heterocycles. The van der Waals surface area contributed by atoms with Gasteiger partial charge in [0.05, 0.1) is 16.3 Å². The standard InChI is InChI=1S/C23H18N8O3/c32-23(16-7-3-1-4-8-16)30-29-22-20(31(33)34)21(24-15-25-22)26-17-11-13-19(14-12-17)28-27-18-9-5-2-6-10-18/h1-15H,(H,30,32)(H2,24,25,26,29). The molecule has 1 heterocycles. The van der Waals surface area contributed by atoms with Crippen LogP contribution in [0.15, 0.2) is 101 Å². The van der Waals surface area contributed by atoms with Gasteiger partial charge >= 0.3 is 5.69 Å². The minimum atomic E-state index is -0.637. The van der Waals surface area contributed by atoms with Gasteiger partial charge < -0.3 is 5.32 Å². The van der Waals surface area contributed by atoms with Crippen LogP contribution < -0.4 is 16.2 Å². The molecule has 168 valence electrons. The van der Waals surface area contributed by atoms with E-state index < -0.39 is 16.5 Å². The normalized spacial score (nSPS) is 10.6. The number of carbonyl (C=O) groups is 1. The predicted octanol–water partition coefficient (Wildman–Crippen LogP) is 5.30. The van der Waals surface area contributed by atoms with E-state index in [-0.39, 0.29) is 11.6 Å². The van der Waals surface area contributed by atoms with Crippen LogP contribution in [0.3, 0.4) is 0 Å². The summed E-state index contributed by atoms with van der Waals surface area (Å²) in [7, 11) is 0. The molecule has 0 spiro atoms. The molecule has 0 radical (unpaired) electrons. The van der Waals surface area contributed by atoms with Crippen molar-refractivity contribution in [1.82, 2.24) is 15.4 Å². The number of hydrogen-bond acceptors (Lipinski definition) is 9. The molecule has 0 saturated carbocycles. The summed E-state index contributed by atoms with van der Waals surface area (Å²) in [5.41, 5.74) is 6.73. The van der Waals surface area contributed by atoms with Crippen LogP contribution in [-0.4, -0.2) is 20.8 Å². The van der Waals surface area contributed by atoms with Gasteiger partial charge in [-0.15, -0.1) is 0 Å². The van der Waals surface area contributed by atoms with Crippen molar-refractivity contribution in [3.63, 3.8) is 0 Å². The lowest BCUT2D eigenvalue weighted by molar-refractivity contribution is -0.383. The zero-order valence-corrected chi connectivity index (χ0v) is 17.6. The van der Waals surface area contributed by atoms with E-state index in [0.29, 0.717) is 16.9 Å². The van der Waals surface area contributed by atoms with Gasteiger partial charge in [-0.3, -0.25) is 25.8 Å². The van der Waals surface area contributed by atoms with Crippen LogP contribution in [0.1, 0.15) is 10.4 Å². The molecule has 11 heteroatoms. The first-order chi connectivity index (χ1) is 16.6. The zero-order chi connectivity index (χ0) is 23.8. The Balaban J connectivity index is 1.48. The summed E-state index contributed by atoms with van der Waals surface area (Å²) in [6.07, 6.45) is 1.15. The average Bonchev–Trinajstić information content (AvgIpc) is 2.88. The van der Waals surface area contributed by atoms with Crippen LogP contribution in [0.4, 0.5) is 34.4 Å². The van der Waals surface area contributed by atoms with E-state index >= 15 is 0 Å².